The van der Waals surface area contributed by atoms with Crippen LogP contribution in [-0.2, 0) is 12.3 Å². The first-order valence-corrected chi connectivity index (χ1v) is 12.0. The normalized spacial score (nSPS) is 15.5. The molecule has 29 heavy (non-hydrogen) atoms. The smallest absolute Gasteiger partial charge is 0.273 e. The fourth-order valence-electron chi connectivity index (χ4n) is 3.59. The first-order valence-electron chi connectivity index (χ1n) is 10.2. The van der Waals surface area contributed by atoms with Gasteiger partial charge >= 0.3 is 0 Å². The number of piperidine rings is 1. The monoisotopic (exact) mass is 433 g/mol. The van der Waals surface area contributed by atoms with Crippen LogP contribution in [0.5, 0.6) is 0 Å². The van der Waals surface area contributed by atoms with E-state index in [2.05, 4.69) is 23.9 Å². The van der Waals surface area contributed by atoms with Crippen molar-refractivity contribution in [3.05, 3.63) is 27.4 Å². The predicted molar refractivity (Wildman–Crippen MR) is 118 cm³/mol. The van der Waals surface area contributed by atoms with Gasteiger partial charge in [-0.2, -0.15) is 4.98 Å². The largest absolute Gasteiger partial charge is 0.361 e. The lowest BCUT2D eigenvalue weighted by Gasteiger charge is -2.29. The van der Waals surface area contributed by atoms with Gasteiger partial charge in [-0.1, -0.05) is 42.1 Å². The van der Waals surface area contributed by atoms with Crippen molar-refractivity contribution >= 4 is 38.6 Å². The second kappa shape index (κ2) is 8.47. The van der Waals surface area contributed by atoms with E-state index in [-0.39, 0.29) is 5.56 Å². The Morgan fingerprint density at radius 1 is 1.24 bits per heavy atom. The number of nitrogens with zero attached hydrogens (tertiary/aromatic N) is 5. The lowest BCUT2D eigenvalue weighted by molar-refractivity contribution is 0.392. The minimum absolute atomic E-state index is 0.0206. The second-order valence-corrected chi connectivity index (χ2v) is 9.68. The Morgan fingerprint density at radius 3 is 2.66 bits per heavy atom. The molecule has 9 heteroatoms. The summed E-state index contributed by atoms with van der Waals surface area (Å²) in [6.07, 6.45) is 3.21. The molecule has 0 amide bonds. The third-order valence-electron chi connectivity index (χ3n) is 5.50. The maximum Gasteiger partial charge on any atom is 0.273 e. The van der Waals surface area contributed by atoms with Crippen LogP contribution in [-0.4, -0.2) is 32.8 Å². The molecule has 1 fully saturated rings. The number of anilines is 1. The van der Waals surface area contributed by atoms with Gasteiger partial charge in [0.1, 0.15) is 10.5 Å². The molecule has 0 unspecified atom stereocenters. The van der Waals surface area contributed by atoms with Crippen LogP contribution in [0, 0.1) is 19.8 Å². The predicted octanol–water partition coefficient (Wildman–Crippen LogP) is 4.40. The number of aryl methyl sites for hydroxylation is 2. The van der Waals surface area contributed by atoms with Crippen LogP contribution in [0.1, 0.15) is 50.1 Å². The summed E-state index contributed by atoms with van der Waals surface area (Å²) >= 11 is 3.04. The van der Waals surface area contributed by atoms with E-state index in [1.165, 1.54) is 24.2 Å². The number of thioether (sulfide) groups is 1. The molecule has 0 aromatic carbocycles. The molecule has 1 aliphatic rings. The van der Waals surface area contributed by atoms with E-state index < -0.39 is 0 Å². The number of rotatable bonds is 6. The fraction of sp³-hybridized carbons (Fsp3) is 0.600. The molecule has 0 atom stereocenters. The molecule has 4 heterocycles. The highest BCUT2D eigenvalue weighted by molar-refractivity contribution is 7.98. The van der Waals surface area contributed by atoms with Gasteiger partial charge in [0.2, 0.25) is 0 Å². The van der Waals surface area contributed by atoms with Crippen LogP contribution in [0.4, 0.5) is 5.13 Å². The standard InChI is InChI=1S/C20H27N5O2S2/c1-5-8-25-18(26)16-17(21-19(29-16)24-9-6-12(2)7-10-24)22-20(25)28-11-15-13(3)23-27-14(15)4/h12H,5-11H2,1-4H3. The maximum absolute atomic E-state index is 13.2. The van der Waals surface area contributed by atoms with Crippen LogP contribution in [0.2, 0.25) is 0 Å². The molecule has 0 N–H and O–H groups in total. The first-order chi connectivity index (χ1) is 14.0. The Bertz CT molecular complexity index is 1040. The summed E-state index contributed by atoms with van der Waals surface area (Å²) in [5.41, 5.74) is 2.54. The van der Waals surface area contributed by atoms with Crippen LogP contribution in [0.25, 0.3) is 10.3 Å². The van der Waals surface area contributed by atoms with Crippen LogP contribution >= 0.6 is 23.1 Å². The Balaban J connectivity index is 1.67. The minimum Gasteiger partial charge on any atom is -0.361 e. The van der Waals surface area contributed by atoms with E-state index in [1.807, 2.05) is 13.8 Å². The van der Waals surface area contributed by atoms with Crippen molar-refractivity contribution < 1.29 is 4.52 Å². The fourth-order valence-corrected chi connectivity index (χ4v) is 5.76. The SMILES string of the molecule is CCCn1c(SCc2c(C)noc2C)nc2nc(N3CCC(C)CC3)sc2c1=O. The number of hydrogen-bond acceptors (Lipinski definition) is 8. The molecule has 1 aliphatic heterocycles. The molecule has 0 saturated carbocycles. The van der Waals surface area contributed by atoms with Crippen molar-refractivity contribution in [2.75, 3.05) is 18.0 Å². The van der Waals surface area contributed by atoms with Crippen LogP contribution < -0.4 is 10.5 Å². The van der Waals surface area contributed by atoms with Crippen molar-refractivity contribution in [1.82, 2.24) is 19.7 Å². The number of thiazole rings is 1. The highest BCUT2D eigenvalue weighted by atomic mass is 32.2. The number of hydrogen-bond donors (Lipinski definition) is 0. The van der Waals surface area contributed by atoms with Crippen molar-refractivity contribution in [2.24, 2.45) is 5.92 Å². The Hall–Kier alpha value is -1.87. The average molecular weight is 434 g/mol. The molecule has 3 aromatic rings. The summed E-state index contributed by atoms with van der Waals surface area (Å²) in [5, 5.41) is 5.66. The third-order valence-corrected chi connectivity index (χ3v) is 7.59. The summed E-state index contributed by atoms with van der Waals surface area (Å²) in [4.78, 5) is 25.0. The number of fused-ring (bicyclic) bond motifs is 1. The average Bonchev–Trinajstić information content (AvgIpc) is 3.27. The van der Waals surface area contributed by atoms with E-state index in [4.69, 9.17) is 14.5 Å². The second-order valence-electron chi connectivity index (χ2n) is 7.76. The first kappa shape index (κ1) is 20.4. The van der Waals surface area contributed by atoms with Gasteiger partial charge in [0.05, 0.1) is 5.69 Å². The lowest BCUT2D eigenvalue weighted by atomic mass is 10.00. The van der Waals surface area contributed by atoms with E-state index >= 15 is 0 Å². The van der Waals surface area contributed by atoms with Gasteiger partial charge in [-0.05, 0) is 39.0 Å². The van der Waals surface area contributed by atoms with Gasteiger partial charge in [-0.3, -0.25) is 9.36 Å². The van der Waals surface area contributed by atoms with Crippen LogP contribution in [0.3, 0.4) is 0 Å². The van der Waals surface area contributed by atoms with Gasteiger partial charge in [0.25, 0.3) is 5.56 Å². The molecular weight excluding hydrogens is 406 g/mol. The van der Waals surface area contributed by atoms with Gasteiger partial charge in [-0.15, -0.1) is 0 Å². The third kappa shape index (κ3) is 4.07. The number of aromatic nitrogens is 4. The molecule has 1 saturated heterocycles. The van der Waals surface area contributed by atoms with E-state index in [0.717, 1.165) is 47.6 Å². The van der Waals surface area contributed by atoms with E-state index in [0.29, 0.717) is 27.8 Å². The molecule has 3 aromatic heterocycles. The zero-order chi connectivity index (χ0) is 20.5. The van der Waals surface area contributed by atoms with Crippen molar-refractivity contribution in [3.63, 3.8) is 0 Å². The van der Waals surface area contributed by atoms with Gasteiger partial charge in [-0.25, -0.2) is 4.98 Å². The Morgan fingerprint density at radius 2 is 2.00 bits per heavy atom. The summed E-state index contributed by atoms with van der Waals surface area (Å²) in [6, 6.07) is 0. The summed E-state index contributed by atoms with van der Waals surface area (Å²) < 4.78 is 7.72. The zero-order valence-corrected chi connectivity index (χ0v) is 19.0. The molecule has 7 nitrogen and oxygen atoms in total. The van der Waals surface area contributed by atoms with Crippen molar-refractivity contribution in [2.45, 2.75) is 64.4 Å². The van der Waals surface area contributed by atoms with Gasteiger partial charge in [0, 0.05) is 31.0 Å². The quantitative estimate of drug-likeness (QED) is 0.421. The zero-order valence-electron chi connectivity index (χ0n) is 17.4. The molecule has 0 aliphatic carbocycles. The molecular formula is C20H27N5O2S2. The summed E-state index contributed by atoms with van der Waals surface area (Å²) in [7, 11) is 0. The highest BCUT2D eigenvalue weighted by Gasteiger charge is 2.22. The molecule has 0 spiro atoms. The van der Waals surface area contributed by atoms with Crippen LogP contribution in [0.15, 0.2) is 14.5 Å². The highest BCUT2D eigenvalue weighted by Crippen LogP contribution is 2.31. The summed E-state index contributed by atoms with van der Waals surface area (Å²) in [6.45, 7) is 10.9. The topological polar surface area (TPSA) is 77.1 Å². The van der Waals surface area contributed by atoms with E-state index in [1.54, 1.807) is 16.3 Å². The minimum atomic E-state index is 0.0206. The maximum atomic E-state index is 13.2. The van der Waals surface area contributed by atoms with Gasteiger partial charge in [0.15, 0.2) is 15.9 Å². The molecule has 4 rings (SSSR count). The molecule has 0 bridgehead atoms. The lowest BCUT2D eigenvalue weighted by Crippen LogP contribution is -2.32. The Kier molecular flexibility index (Phi) is 5.96. The molecule has 156 valence electrons. The van der Waals surface area contributed by atoms with E-state index in [9.17, 15) is 4.79 Å². The Labute approximate surface area is 178 Å². The van der Waals surface area contributed by atoms with Gasteiger partial charge < -0.3 is 9.42 Å². The summed E-state index contributed by atoms with van der Waals surface area (Å²) in [5.74, 6) is 2.24. The van der Waals surface area contributed by atoms with Crippen molar-refractivity contribution in [3.8, 4) is 0 Å². The molecule has 0 radical (unpaired) electrons. The van der Waals surface area contributed by atoms with Crippen molar-refractivity contribution in [1.29, 1.82) is 0 Å².